The predicted octanol–water partition coefficient (Wildman–Crippen LogP) is 4.37. The van der Waals surface area contributed by atoms with E-state index in [4.69, 9.17) is 0 Å². The number of hydrogen-bond acceptors (Lipinski definition) is 8. The van der Waals surface area contributed by atoms with Crippen LogP contribution in [0.25, 0.3) is 0 Å². The van der Waals surface area contributed by atoms with Gasteiger partial charge >= 0.3 is 0 Å². The number of amides is 6. The molecule has 204 valence electrons. The van der Waals surface area contributed by atoms with E-state index in [0.29, 0.717) is 22.7 Å². The number of hydrogen-bond donors (Lipinski definition) is 4. The maximum Gasteiger partial charge on any atom is 0.258 e. The summed E-state index contributed by atoms with van der Waals surface area (Å²) in [6, 6.07) is 21.8. The second-order valence-corrected chi connectivity index (χ2v) is 9.29. The average Bonchev–Trinajstić information content (AvgIpc) is 3.45. The highest BCUT2D eigenvalue weighted by molar-refractivity contribution is 6.23. The molecule has 0 fully saturated rings. The number of benzene rings is 4. The SMILES string of the molecule is O=C(Nc1ccc(/N=N/c2ccc(NC(=O)c3ccc4c(c3)C(=O)NC4=O)cc2)cc1)c1ccc2c(c1)C(=O)NC2=O. The van der Waals surface area contributed by atoms with Crippen molar-refractivity contribution in [2.24, 2.45) is 10.2 Å². The molecule has 4 aromatic carbocycles. The number of imide groups is 2. The maximum absolute atomic E-state index is 12.6. The molecular formula is C30H18N6O6. The fourth-order valence-electron chi connectivity index (χ4n) is 4.36. The Balaban J connectivity index is 1.05. The van der Waals surface area contributed by atoms with Gasteiger partial charge in [-0.3, -0.25) is 39.4 Å². The predicted molar refractivity (Wildman–Crippen MR) is 149 cm³/mol. The Kier molecular flexibility index (Phi) is 6.40. The first-order valence-corrected chi connectivity index (χ1v) is 12.5. The van der Waals surface area contributed by atoms with Gasteiger partial charge in [-0.1, -0.05) is 0 Å². The van der Waals surface area contributed by atoms with Gasteiger partial charge in [0.15, 0.2) is 0 Å². The zero-order valence-electron chi connectivity index (χ0n) is 21.4. The summed E-state index contributed by atoms with van der Waals surface area (Å²) < 4.78 is 0. The molecule has 6 rings (SSSR count). The number of nitrogens with one attached hydrogen (secondary N) is 4. The summed E-state index contributed by atoms with van der Waals surface area (Å²) in [5, 5.41) is 18.2. The Bertz CT molecular complexity index is 1740. The van der Waals surface area contributed by atoms with Crippen LogP contribution in [-0.4, -0.2) is 35.4 Å². The number of fused-ring (bicyclic) bond motifs is 2. The van der Waals surface area contributed by atoms with E-state index < -0.39 is 35.4 Å². The first-order chi connectivity index (χ1) is 20.2. The summed E-state index contributed by atoms with van der Waals surface area (Å²) in [6.07, 6.45) is 0. The van der Waals surface area contributed by atoms with Crippen LogP contribution in [0.3, 0.4) is 0 Å². The summed E-state index contributed by atoms with van der Waals surface area (Å²) in [6.45, 7) is 0. The monoisotopic (exact) mass is 558 g/mol. The lowest BCUT2D eigenvalue weighted by Crippen LogP contribution is -2.19. The average molecular weight is 559 g/mol. The first-order valence-electron chi connectivity index (χ1n) is 12.5. The molecule has 42 heavy (non-hydrogen) atoms. The first kappa shape index (κ1) is 26.0. The summed E-state index contributed by atoms with van der Waals surface area (Å²) in [5.41, 5.74) is 3.30. The number of nitrogens with zero attached hydrogens (tertiary/aromatic N) is 2. The van der Waals surface area contributed by atoms with Crippen molar-refractivity contribution in [1.29, 1.82) is 0 Å². The highest BCUT2D eigenvalue weighted by Crippen LogP contribution is 2.24. The number of azo groups is 1. The van der Waals surface area contributed by atoms with Crippen LogP contribution >= 0.6 is 0 Å². The van der Waals surface area contributed by atoms with E-state index in [2.05, 4.69) is 31.5 Å². The highest BCUT2D eigenvalue weighted by atomic mass is 16.2. The molecule has 2 aliphatic rings. The van der Waals surface area contributed by atoms with Crippen molar-refractivity contribution in [2.75, 3.05) is 10.6 Å². The van der Waals surface area contributed by atoms with Crippen LogP contribution in [0.2, 0.25) is 0 Å². The van der Waals surface area contributed by atoms with Gasteiger partial charge in [0, 0.05) is 22.5 Å². The molecule has 2 aliphatic heterocycles. The van der Waals surface area contributed by atoms with Gasteiger partial charge in [0.2, 0.25) is 0 Å². The highest BCUT2D eigenvalue weighted by Gasteiger charge is 2.28. The largest absolute Gasteiger partial charge is 0.322 e. The molecule has 4 N–H and O–H groups in total. The van der Waals surface area contributed by atoms with Crippen LogP contribution in [-0.2, 0) is 0 Å². The lowest BCUT2D eigenvalue weighted by atomic mass is 10.1. The fourth-order valence-corrected chi connectivity index (χ4v) is 4.36. The van der Waals surface area contributed by atoms with E-state index in [0.717, 1.165) is 0 Å². The van der Waals surface area contributed by atoms with Crippen molar-refractivity contribution >= 4 is 58.2 Å². The minimum Gasteiger partial charge on any atom is -0.322 e. The van der Waals surface area contributed by atoms with Crippen molar-refractivity contribution in [3.63, 3.8) is 0 Å². The van der Waals surface area contributed by atoms with Crippen LogP contribution in [0.1, 0.15) is 62.1 Å². The number of anilines is 2. The summed E-state index contributed by atoms with van der Waals surface area (Å²) in [7, 11) is 0. The van der Waals surface area contributed by atoms with E-state index in [1.165, 1.54) is 36.4 Å². The molecule has 0 spiro atoms. The molecule has 0 saturated carbocycles. The Morgan fingerprint density at radius 1 is 0.476 bits per heavy atom. The summed E-state index contributed by atoms with van der Waals surface area (Å²) >= 11 is 0. The van der Waals surface area contributed by atoms with Gasteiger partial charge in [-0.15, -0.1) is 0 Å². The Morgan fingerprint density at radius 2 is 0.833 bits per heavy atom. The van der Waals surface area contributed by atoms with Crippen LogP contribution in [0, 0.1) is 0 Å². The molecule has 0 radical (unpaired) electrons. The smallest absolute Gasteiger partial charge is 0.258 e. The standard InChI is InChI=1S/C30H18N6O6/c37-25(15-1-11-21-23(13-15)29(41)33-27(21)39)31-17-3-7-19(8-4-17)35-36-20-9-5-18(6-10-20)32-26(38)16-2-12-22-24(14-16)30(42)34-28(22)40/h1-14H,(H,31,37)(H,32,38)(H,33,39,41)(H,34,40,42)/b36-35+. The second kappa shape index (κ2) is 10.4. The van der Waals surface area contributed by atoms with E-state index in [9.17, 15) is 28.8 Å². The summed E-state index contributed by atoms with van der Waals surface area (Å²) in [5.74, 6) is -2.93. The van der Waals surface area contributed by atoms with Crippen molar-refractivity contribution in [3.05, 3.63) is 118 Å². The second-order valence-electron chi connectivity index (χ2n) is 9.29. The van der Waals surface area contributed by atoms with E-state index in [-0.39, 0.29) is 33.4 Å². The zero-order chi connectivity index (χ0) is 29.4. The molecule has 4 aromatic rings. The number of rotatable bonds is 6. The fraction of sp³-hybridized carbons (Fsp3) is 0. The molecule has 12 nitrogen and oxygen atoms in total. The zero-order valence-corrected chi connectivity index (χ0v) is 21.4. The van der Waals surface area contributed by atoms with Crippen LogP contribution in [0.4, 0.5) is 22.7 Å². The van der Waals surface area contributed by atoms with Crippen molar-refractivity contribution in [3.8, 4) is 0 Å². The Morgan fingerprint density at radius 3 is 1.21 bits per heavy atom. The van der Waals surface area contributed by atoms with Gasteiger partial charge in [-0.25, -0.2) is 0 Å². The van der Waals surface area contributed by atoms with Gasteiger partial charge < -0.3 is 10.6 Å². The maximum atomic E-state index is 12.6. The van der Waals surface area contributed by atoms with Crippen LogP contribution in [0.15, 0.2) is 95.2 Å². The van der Waals surface area contributed by atoms with E-state index >= 15 is 0 Å². The summed E-state index contributed by atoms with van der Waals surface area (Å²) in [4.78, 5) is 72.3. The normalized spacial score (nSPS) is 13.4. The quantitative estimate of drug-likeness (QED) is 0.202. The van der Waals surface area contributed by atoms with Gasteiger partial charge in [0.25, 0.3) is 35.4 Å². The molecular weight excluding hydrogens is 540 g/mol. The number of carbonyl (C=O) groups is 6. The minimum absolute atomic E-state index is 0.159. The molecule has 0 saturated heterocycles. The van der Waals surface area contributed by atoms with Gasteiger partial charge in [-0.05, 0) is 84.9 Å². The number of carbonyl (C=O) groups excluding carboxylic acids is 6. The molecule has 0 atom stereocenters. The lowest BCUT2D eigenvalue weighted by molar-refractivity contribution is 0.0863. The third kappa shape index (κ3) is 5.02. The Hall–Kier alpha value is -6.30. The van der Waals surface area contributed by atoms with Gasteiger partial charge in [0.1, 0.15) is 0 Å². The van der Waals surface area contributed by atoms with E-state index in [1.807, 2.05) is 0 Å². The Labute approximate surface area is 236 Å². The third-order valence-electron chi connectivity index (χ3n) is 6.53. The van der Waals surface area contributed by atoms with Crippen molar-refractivity contribution < 1.29 is 28.8 Å². The van der Waals surface area contributed by atoms with Gasteiger partial charge in [0.05, 0.1) is 33.6 Å². The molecule has 6 amide bonds. The molecule has 12 heteroatoms. The van der Waals surface area contributed by atoms with Crippen molar-refractivity contribution in [2.45, 2.75) is 0 Å². The van der Waals surface area contributed by atoms with Gasteiger partial charge in [-0.2, -0.15) is 10.2 Å². The molecule has 0 bridgehead atoms. The van der Waals surface area contributed by atoms with Crippen LogP contribution < -0.4 is 21.3 Å². The molecule has 0 unspecified atom stereocenters. The minimum atomic E-state index is -0.537. The topological polar surface area (TPSA) is 175 Å². The van der Waals surface area contributed by atoms with Crippen molar-refractivity contribution in [1.82, 2.24) is 10.6 Å². The molecule has 0 aliphatic carbocycles. The lowest BCUT2D eigenvalue weighted by Gasteiger charge is -2.07. The van der Waals surface area contributed by atoms with E-state index in [1.54, 1.807) is 48.5 Å². The third-order valence-corrected chi connectivity index (χ3v) is 6.53. The molecule has 2 heterocycles. The molecule has 0 aromatic heterocycles. The van der Waals surface area contributed by atoms with Crippen LogP contribution in [0.5, 0.6) is 0 Å².